The van der Waals surface area contributed by atoms with Crippen molar-refractivity contribution < 1.29 is 4.79 Å². The molecule has 0 aliphatic carbocycles. The number of aryl methyl sites for hydroxylation is 2. The van der Waals surface area contributed by atoms with Crippen LogP contribution in [0.2, 0.25) is 0 Å². The van der Waals surface area contributed by atoms with E-state index in [-0.39, 0.29) is 5.91 Å². The van der Waals surface area contributed by atoms with E-state index >= 15 is 0 Å². The number of carbonyl (C=O) groups excluding carboxylic acids is 1. The molecule has 0 radical (unpaired) electrons. The molecule has 106 valence electrons. The average Bonchev–Trinajstić information content (AvgIpc) is 2.82. The number of anilines is 1. The highest BCUT2D eigenvalue weighted by Crippen LogP contribution is 2.20. The Balaban J connectivity index is 1.99. The predicted octanol–water partition coefficient (Wildman–Crippen LogP) is 4.06. The van der Waals surface area contributed by atoms with Crippen LogP contribution in [0.4, 0.5) is 5.69 Å². The van der Waals surface area contributed by atoms with E-state index in [1.165, 1.54) is 11.1 Å². The van der Waals surface area contributed by atoms with Gasteiger partial charge in [-0.15, -0.1) is 11.3 Å². The first kappa shape index (κ1) is 14.7. The largest absolute Gasteiger partial charge is 0.326 e. The molecule has 0 atom stereocenters. The molecule has 0 aliphatic rings. The molecular formula is C16H20N2OS. The summed E-state index contributed by atoms with van der Waals surface area (Å²) in [6.07, 6.45) is 0.330. The Kier molecular flexibility index (Phi) is 4.55. The van der Waals surface area contributed by atoms with Crippen molar-refractivity contribution in [2.75, 3.05) is 5.32 Å². The van der Waals surface area contributed by atoms with Crippen LogP contribution in [0.25, 0.3) is 0 Å². The molecule has 0 unspecified atom stereocenters. The second-order valence-corrected chi connectivity index (χ2v) is 6.25. The minimum Gasteiger partial charge on any atom is -0.326 e. The molecule has 1 aromatic carbocycles. The predicted molar refractivity (Wildman–Crippen MR) is 84.5 cm³/mol. The van der Waals surface area contributed by atoms with Crippen molar-refractivity contribution in [3.05, 3.63) is 45.4 Å². The third-order valence-electron chi connectivity index (χ3n) is 3.20. The molecule has 20 heavy (non-hydrogen) atoms. The number of hydrogen-bond donors (Lipinski definition) is 1. The average molecular weight is 288 g/mol. The molecule has 0 spiro atoms. The highest BCUT2D eigenvalue weighted by Gasteiger charge is 2.10. The van der Waals surface area contributed by atoms with Gasteiger partial charge in [0.2, 0.25) is 5.91 Å². The van der Waals surface area contributed by atoms with Crippen molar-refractivity contribution in [2.45, 2.75) is 40.0 Å². The maximum atomic E-state index is 12.0. The van der Waals surface area contributed by atoms with E-state index in [0.29, 0.717) is 12.3 Å². The van der Waals surface area contributed by atoms with E-state index in [1.807, 2.05) is 30.5 Å². The van der Waals surface area contributed by atoms with Gasteiger partial charge in [-0.1, -0.05) is 19.9 Å². The Morgan fingerprint density at radius 3 is 2.65 bits per heavy atom. The molecule has 0 saturated carbocycles. The first-order valence-corrected chi connectivity index (χ1v) is 7.65. The van der Waals surface area contributed by atoms with Crippen LogP contribution < -0.4 is 5.32 Å². The number of benzene rings is 1. The molecule has 3 nitrogen and oxygen atoms in total. The summed E-state index contributed by atoms with van der Waals surface area (Å²) in [5.74, 6) is 0.394. The molecule has 0 fully saturated rings. The van der Waals surface area contributed by atoms with Gasteiger partial charge in [-0.3, -0.25) is 4.79 Å². The van der Waals surface area contributed by atoms with Gasteiger partial charge in [-0.2, -0.15) is 0 Å². The third-order valence-corrected chi connectivity index (χ3v) is 4.39. The first-order valence-electron chi connectivity index (χ1n) is 6.77. The summed E-state index contributed by atoms with van der Waals surface area (Å²) in [5.41, 5.74) is 4.10. The lowest BCUT2D eigenvalue weighted by atomic mass is 10.1. The standard InChI is InChI=1S/C16H20N2OS/c1-10(2)16-18-14(9-20-16)8-15(19)17-13-6-5-11(3)12(4)7-13/h5-7,9-10H,8H2,1-4H3,(H,17,19). The van der Waals surface area contributed by atoms with Gasteiger partial charge in [0.05, 0.1) is 17.1 Å². The van der Waals surface area contributed by atoms with Crippen molar-refractivity contribution in [1.29, 1.82) is 0 Å². The van der Waals surface area contributed by atoms with Gasteiger partial charge in [0.25, 0.3) is 0 Å². The third kappa shape index (κ3) is 3.67. The Labute approximate surface area is 124 Å². The fourth-order valence-corrected chi connectivity index (χ4v) is 2.69. The van der Waals surface area contributed by atoms with Crippen LogP contribution in [0.5, 0.6) is 0 Å². The monoisotopic (exact) mass is 288 g/mol. The van der Waals surface area contributed by atoms with Gasteiger partial charge in [-0.25, -0.2) is 4.98 Å². The Morgan fingerprint density at radius 2 is 2.05 bits per heavy atom. The van der Waals surface area contributed by atoms with Gasteiger partial charge in [-0.05, 0) is 37.1 Å². The summed E-state index contributed by atoms with van der Waals surface area (Å²) in [4.78, 5) is 16.5. The highest BCUT2D eigenvalue weighted by atomic mass is 32.1. The maximum absolute atomic E-state index is 12.0. The fourth-order valence-electron chi connectivity index (χ4n) is 1.86. The number of aromatic nitrogens is 1. The van der Waals surface area contributed by atoms with Crippen molar-refractivity contribution in [3.63, 3.8) is 0 Å². The first-order chi connectivity index (χ1) is 9.45. The molecule has 1 N–H and O–H groups in total. The summed E-state index contributed by atoms with van der Waals surface area (Å²) in [6, 6.07) is 5.94. The van der Waals surface area contributed by atoms with E-state index in [0.717, 1.165) is 16.4 Å². The molecule has 0 bridgehead atoms. The van der Waals surface area contributed by atoms with Gasteiger partial charge >= 0.3 is 0 Å². The summed E-state index contributed by atoms with van der Waals surface area (Å²) in [7, 11) is 0. The summed E-state index contributed by atoms with van der Waals surface area (Å²) in [6.45, 7) is 8.32. The van der Waals surface area contributed by atoms with Crippen LogP contribution in [-0.2, 0) is 11.2 Å². The van der Waals surface area contributed by atoms with Crippen LogP contribution in [0.3, 0.4) is 0 Å². The van der Waals surface area contributed by atoms with Gasteiger partial charge in [0, 0.05) is 17.0 Å². The molecule has 0 aliphatic heterocycles. The summed E-state index contributed by atoms with van der Waals surface area (Å²) >= 11 is 1.62. The van der Waals surface area contributed by atoms with Gasteiger partial charge in [0.1, 0.15) is 0 Å². The minimum absolute atomic E-state index is 0.0196. The summed E-state index contributed by atoms with van der Waals surface area (Å²) in [5, 5.41) is 5.97. The van der Waals surface area contributed by atoms with Gasteiger partial charge in [0.15, 0.2) is 0 Å². The number of nitrogens with zero attached hydrogens (tertiary/aromatic N) is 1. The second-order valence-electron chi connectivity index (χ2n) is 5.36. The molecule has 1 amide bonds. The van der Waals surface area contributed by atoms with Crippen molar-refractivity contribution >= 4 is 22.9 Å². The zero-order valence-corrected chi connectivity index (χ0v) is 13.2. The maximum Gasteiger partial charge on any atom is 0.230 e. The normalized spacial score (nSPS) is 10.8. The number of rotatable bonds is 4. The lowest BCUT2D eigenvalue weighted by molar-refractivity contribution is -0.115. The van der Waals surface area contributed by atoms with Crippen molar-refractivity contribution in [2.24, 2.45) is 0 Å². The fraction of sp³-hybridized carbons (Fsp3) is 0.375. The molecule has 2 aromatic rings. The van der Waals surface area contributed by atoms with Crippen LogP contribution in [-0.4, -0.2) is 10.9 Å². The molecule has 2 rings (SSSR count). The van der Waals surface area contributed by atoms with Crippen molar-refractivity contribution in [3.8, 4) is 0 Å². The Morgan fingerprint density at radius 1 is 1.30 bits per heavy atom. The lowest BCUT2D eigenvalue weighted by Gasteiger charge is -2.07. The highest BCUT2D eigenvalue weighted by molar-refractivity contribution is 7.09. The zero-order valence-electron chi connectivity index (χ0n) is 12.4. The van der Waals surface area contributed by atoms with Crippen molar-refractivity contribution in [1.82, 2.24) is 4.98 Å². The number of carbonyl (C=O) groups is 1. The second kappa shape index (κ2) is 6.18. The Bertz CT molecular complexity index is 617. The van der Waals surface area contributed by atoms with Crippen LogP contribution >= 0.6 is 11.3 Å². The molecule has 1 aromatic heterocycles. The van der Waals surface area contributed by atoms with Crippen LogP contribution in [0, 0.1) is 13.8 Å². The smallest absolute Gasteiger partial charge is 0.230 e. The van der Waals surface area contributed by atoms with E-state index in [4.69, 9.17) is 0 Å². The SMILES string of the molecule is Cc1ccc(NC(=O)Cc2csc(C(C)C)n2)cc1C. The number of hydrogen-bond acceptors (Lipinski definition) is 3. The summed E-state index contributed by atoms with van der Waals surface area (Å²) < 4.78 is 0. The molecule has 0 saturated heterocycles. The topological polar surface area (TPSA) is 42.0 Å². The van der Waals surface area contributed by atoms with Crippen LogP contribution in [0.15, 0.2) is 23.6 Å². The van der Waals surface area contributed by atoms with E-state index in [9.17, 15) is 4.79 Å². The van der Waals surface area contributed by atoms with Crippen LogP contribution in [0.1, 0.15) is 41.6 Å². The minimum atomic E-state index is -0.0196. The number of thiazole rings is 1. The van der Waals surface area contributed by atoms with Gasteiger partial charge < -0.3 is 5.32 Å². The van der Waals surface area contributed by atoms with E-state index in [2.05, 4.69) is 31.1 Å². The molecular weight excluding hydrogens is 268 g/mol. The number of nitrogens with one attached hydrogen (secondary N) is 1. The zero-order chi connectivity index (χ0) is 14.7. The number of amides is 1. The molecule has 4 heteroatoms. The lowest BCUT2D eigenvalue weighted by Crippen LogP contribution is -2.14. The quantitative estimate of drug-likeness (QED) is 0.921. The van der Waals surface area contributed by atoms with E-state index < -0.39 is 0 Å². The molecule has 1 heterocycles. The van der Waals surface area contributed by atoms with E-state index in [1.54, 1.807) is 11.3 Å². The Hall–Kier alpha value is -1.68.